The van der Waals surface area contributed by atoms with Crippen LogP contribution in [0.15, 0.2) is 71.5 Å². The second-order valence-electron chi connectivity index (χ2n) is 7.19. The number of amides is 2. The lowest BCUT2D eigenvalue weighted by molar-refractivity contribution is 0.0715. The normalized spacial score (nSPS) is 14.3. The fourth-order valence-electron chi connectivity index (χ4n) is 3.57. The standard InChI is InChI=1S/C23H22N4O3/c28-21-12-11-20(24-25-21)23(30)27-14-4-13-26(15-16-27)22(29)19-9-7-18(8-10-19)17-5-2-1-3-6-17/h1-3,5-12H,4,13-16H2,(H,25,28). The van der Waals surface area contributed by atoms with Crippen LogP contribution in [0.4, 0.5) is 0 Å². The molecule has 152 valence electrons. The van der Waals surface area contributed by atoms with Crippen LogP contribution in [0.25, 0.3) is 11.1 Å². The number of carbonyl (C=O) groups is 2. The monoisotopic (exact) mass is 402 g/mol. The molecule has 0 radical (unpaired) electrons. The maximum atomic E-state index is 13.0. The molecule has 1 fully saturated rings. The van der Waals surface area contributed by atoms with Gasteiger partial charge in [-0.1, -0.05) is 42.5 Å². The molecule has 4 rings (SSSR count). The predicted molar refractivity (Wildman–Crippen MR) is 113 cm³/mol. The summed E-state index contributed by atoms with van der Waals surface area (Å²) in [7, 11) is 0. The Labute approximate surface area is 174 Å². The highest BCUT2D eigenvalue weighted by Gasteiger charge is 2.24. The molecular weight excluding hydrogens is 380 g/mol. The lowest BCUT2D eigenvalue weighted by Crippen LogP contribution is -2.37. The van der Waals surface area contributed by atoms with E-state index in [0.717, 1.165) is 11.1 Å². The summed E-state index contributed by atoms with van der Waals surface area (Å²) in [5, 5.41) is 6.09. The van der Waals surface area contributed by atoms with Crippen molar-refractivity contribution in [3.05, 3.63) is 88.3 Å². The summed E-state index contributed by atoms with van der Waals surface area (Å²) in [6.07, 6.45) is 0.683. The third-order valence-electron chi connectivity index (χ3n) is 5.21. The molecule has 2 heterocycles. The molecule has 7 heteroatoms. The molecule has 2 aromatic carbocycles. The number of H-pyrrole nitrogens is 1. The highest BCUT2D eigenvalue weighted by Crippen LogP contribution is 2.20. The predicted octanol–water partition coefficient (Wildman–Crippen LogP) is 2.43. The molecule has 30 heavy (non-hydrogen) atoms. The number of aromatic nitrogens is 2. The Morgan fingerprint density at radius 3 is 2.00 bits per heavy atom. The van der Waals surface area contributed by atoms with E-state index in [1.165, 1.54) is 12.1 Å². The molecular formula is C23H22N4O3. The maximum absolute atomic E-state index is 13.0. The highest BCUT2D eigenvalue weighted by molar-refractivity contribution is 5.95. The lowest BCUT2D eigenvalue weighted by atomic mass is 10.0. The Kier molecular flexibility index (Phi) is 5.70. The molecule has 7 nitrogen and oxygen atoms in total. The first-order chi connectivity index (χ1) is 14.6. The summed E-state index contributed by atoms with van der Waals surface area (Å²) in [5.41, 5.74) is 2.66. The number of carbonyl (C=O) groups excluding carboxylic acids is 2. The molecule has 0 saturated carbocycles. The fraction of sp³-hybridized carbons (Fsp3) is 0.217. The van der Waals surface area contributed by atoms with Gasteiger partial charge in [0.15, 0.2) is 0 Å². The zero-order chi connectivity index (χ0) is 20.9. The van der Waals surface area contributed by atoms with Gasteiger partial charge in [-0.25, -0.2) is 5.10 Å². The van der Waals surface area contributed by atoms with Crippen LogP contribution in [-0.2, 0) is 0 Å². The molecule has 1 aliphatic rings. The number of benzene rings is 2. The van der Waals surface area contributed by atoms with E-state index in [4.69, 9.17) is 0 Å². The van der Waals surface area contributed by atoms with E-state index >= 15 is 0 Å². The molecule has 3 aromatic rings. The first-order valence-electron chi connectivity index (χ1n) is 9.91. The van der Waals surface area contributed by atoms with E-state index in [1.54, 1.807) is 9.80 Å². The van der Waals surface area contributed by atoms with Gasteiger partial charge in [0.25, 0.3) is 17.4 Å². The molecule has 1 saturated heterocycles. The summed E-state index contributed by atoms with van der Waals surface area (Å²) in [6.45, 7) is 2.00. The Morgan fingerprint density at radius 2 is 1.37 bits per heavy atom. The summed E-state index contributed by atoms with van der Waals surface area (Å²) >= 11 is 0. The largest absolute Gasteiger partial charge is 0.337 e. The molecule has 0 atom stereocenters. The topological polar surface area (TPSA) is 86.4 Å². The molecule has 1 aromatic heterocycles. The van der Waals surface area contributed by atoms with Crippen molar-refractivity contribution in [2.75, 3.05) is 26.2 Å². The van der Waals surface area contributed by atoms with Crippen molar-refractivity contribution < 1.29 is 9.59 Å². The zero-order valence-electron chi connectivity index (χ0n) is 16.5. The van der Waals surface area contributed by atoms with Crippen LogP contribution in [0, 0.1) is 0 Å². The minimum atomic E-state index is -0.350. The summed E-state index contributed by atoms with van der Waals surface area (Å²) < 4.78 is 0. The highest BCUT2D eigenvalue weighted by atomic mass is 16.2. The van der Waals surface area contributed by atoms with Gasteiger partial charge in [0.05, 0.1) is 0 Å². The van der Waals surface area contributed by atoms with Crippen LogP contribution in [0.5, 0.6) is 0 Å². The average Bonchev–Trinajstić information content (AvgIpc) is 3.06. The van der Waals surface area contributed by atoms with Crippen molar-refractivity contribution in [3.8, 4) is 11.1 Å². The number of hydrogen-bond acceptors (Lipinski definition) is 4. The number of nitrogens with one attached hydrogen (secondary N) is 1. The molecule has 1 aliphatic heterocycles. The summed E-state index contributed by atoms with van der Waals surface area (Å²) in [5.74, 6) is -0.279. The van der Waals surface area contributed by atoms with Crippen molar-refractivity contribution in [2.24, 2.45) is 0 Å². The quantitative estimate of drug-likeness (QED) is 0.729. The van der Waals surface area contributed by atoms with Gasteiger partial charge in [-0.3, -0.25) is 14.4 Å². The first kappa shape index (κ1) is 19.6. The van der Waals surface area contributed by atoms with Gasteiger partial charge in [-0.15, -0.1) is 0 Å². The van der Waals surface area contributed by atoms with Crippen LogP contribution in [0.2, 0.25) is 0 Å². The third kappa shape index (κ3) is 4.30. The molecule has 2 amide bonds. The Hall–Kier alpha value is -3.74. The molecule has 0 spiro atoms. The summed E-state index contributed by atoms with van der Waals surface area (Å²) in [4.78, 5) is 40.2. The zero-order valence-corrected chi connectivity index (χ0v) is 16.5. The number of nitrogens with zero attached hydrogens (tertiary/aromatic N) is 3. The lowest BCUT2D eigenvalue weighted by Gasteiger charge is -2.22. The van der Waals surface area contributed by atoms with E-state index in [1.807, 2.05) is 54.6 Å². The van der Waals surface area contributed by atoms with Gasteiger partial charge in [-0.2, -0.15) is 5.10 Å². The van der Waals surface area contributed by atoms with Gasteiger partial charge < -0.3 is 9.80 Å². The molecule has 0 bridgehead atoms. The minimum Gasteiger partial charge on any atom is -0.337 e. The number of aromatic amines is 1. The Balaban J connectivity index is 1.41. The number of rotatable bonds is 3. The van der Waals surface area contributed by atoms with Gasteiger partial charge in [0, 0.05) is 37.8 Å². The molecule has 0 unspecified atom stereocenters. The van der Waals surface area contributed by atoms with E-state index in [2.05, 4.69) is 10.2 Å². The van der Waals surface area contributed by atoms with Gasteiger partial charge in [0.1, 0.15) is 5.69 Å². The Morgan fingerprint density at radius 1 is 0.733 bits per heavy atom. The van der Waals surface area contributed by atoms with Crippen LogP contribution in [0.3, 0.4) is 0 Å². The Bertz CT molecular complexity index is 1070. The van der Waals surface area contributed by atoms with Crippen LogP contribution in [-0.4, -0.2) is 58.0 Å². The second kappa shape index (κ2) is 8.73. The second-order valence-corrected chi connectivity index (χ2v) is 7.19. The SMILES string of the molecule is O=C(c1ccc(-c2ccccc2)cc1)N1CCCN(C(=O)c2ccc(=O)[nH]n2)CC1. The van der Waals surface area contributed by atoms with Crippen molar-refractivity contribution >= 4 is 11.8 Å². The van der Waals surface area contributed by atoms with Crippen molar-refractivity contribution in [2.45, 2.75) is 6.42 Å². The van der Waals surface area contributed by atoms with Crippen molar-refractivity contribution in [3.63, 3.8) is 0 Å². The van der Waals surface area contributed by atoms with E-state index in [9.17, 15) is 14.4 Å². The van der Waals surface area contributed by atoms with E-state index < -0.39 is 0 Å². The minimum absolute atomic E-state index is 0.0360. The van der Waals surface area contributed by atoms with Gasteiger partial charge in [-0.05, 0) is 35.7 Å². The van der Waals surface area contributed by atoms with Crippen LogP contribution in [0.1, 0.15) is 27.3 Å². The smallest absolute Gasteiger partial charge is 0.274 e. The first-order valence-corrected chi connectivity index (χ1v) is 9.91. The fourth-order valence-corrected chi connectivity index (χ4v) is 3.57. The van der Waals surface area contributed by atoms with Gasteiger partial charge in [0.2, 0.25) is 0 Å². The van der Waals surface area contributed by atoms with E-state index in [-0.39, 0.29) is 23.1 Å². The average molecular weight is 402 g/mol. The maximum Gasteiger partial charge on any atom is 0.274 e. The third-order valence-corrected chi connectivity index (χ3v) is 5.21. The van der Waals surface area contributed by atoms with Crippen LogP contribution >= 0.6 is 0 Å². The van der Waals surface area contributed by atoms with E-state index in [0.29, 0.717) is 38.2 Å². The number of hydrogen-bond donors (Lipinski definition) is 1. The van der Waals surface area contributed by atoms with Crippen molar-refractivity contribution in [1.82, 2.24) is 20.0 Å². The van der Waals surface area contributed by atoms with Gasteiger partial charge >= 0.3 is 0 Å². The van der Waals surface area contributed by atoms with Crippen LogP contribution < -0.4 is 5.56 Å². The molecule has 1 N–H and O–H groups in total. The summed E-state index contributed by atoms with van der Waals surface area (Å²) in [6, 6.07) is 20.3. The molecule has 0 aliphatic carbocycles. The van der Waals surface area contributed by atoms with Crippen molar-refractivity contribution in [1.29, 1.82) is 0 Å².